The van der Waals surface area contributed by atoms with Crippen LogP contribution in [0.3, 0.4) is 0 Å². The summed E-state index contributed by atoms with van der Waals surface area (Å²) in [6.45, 7) is 2.09. The van der Waals surface area contributed by atoms with Crippen LogP contribution in [-0.4, -0.2) is 16.4 Å². The van der Waals surface area contributed by atoms with E-state index in [4.69, 9.17) is 11.6 Å². The summed E-state index contributed by atoms with van der Waals surface area (Å²) in [5.41, 5.74) is 7.12. The van der Waals surface area contributed by atoms with Crippen molar-refractivity contribution >= 4 is 46.5 Å². The number of carbonyl (C=O) groups excluding carboxylic acids is 2. The lowest BCUT2D eigenvalue weighted by Gasteiger charge is -2.09. The molecule has 0 atom stereocenters. The fourth-order valence-corrected chi connectivity index (χ4v) is 4.34. The van der Waals surface area contributed by atoms with Crippen molar-refractivity contribution in [3.8, 4) is 0 Å². The van der Waals surface area contributed by atoms with Gasteiger partial charge in [-0.2, -0.15) is 0 Å². The van der Waals surface area contributed by atoms with Gasteiger partial charge in [-0.3, -0.25) is 25.2 Å². The zero-order valence-electron chi connectivity index (χ0n) is 16.2. The molecule has 0 fully saturated rings. The summed E-state index contributed by atoms with van der Waals surface area (Å²) in [5.74, 6) is 0.00252. The second-order valence-electron chi connectivity index (χ2n) is 6.49. The van der Waals surface area contributed by atoms with Gasteiger partial charge in [0.25, 0.3) is 5.91 Å². The summed E-state index contributed by atoms with van der Waals surface area (Å²) in [4.78, 5) is 36.8. The van der Waals surface area contributed by atoms with E-state index in [-0.39, 0.29) is 23.7 Å². The molecule has 9 heteroatoms. The van der Waals surface area contributed by atoms with Gasteiger partial charge in [0.1, 0.15) is 0 Å². The molecule has 0 saturated heterocycles. The highest BCUT2D eigenvalue weighted by Gasteiger charge is 2.09. The molecular formula is C21H20ClN3O3S2. The Morgan fingerprint density at radius 2 is 1.77 bits per heavy atom. The highest BCUT2D eigenvalue weighted by Crippen LogP contribution is 2.24. The van der Waals surface area contributed by atoms with E-state index in [0.29, 0.717) is 10.6 Å². The van der Waals surface area contributed by atoms with Crippen molar-refractivity contribution in [3.05, 3.63) is 85.4 Å². The number of thioether (sulfide) groups is 1. The Hall–Kier alpha value is -2.55. The lowest BCUT2D eigenvalue weighted by molar-refractivity contribution is -0.122. The topological polar surface area (TPSA) is 80.2 Å². The average Bonchev–Trinajstić information content (AvgIpc) is 3.07. The number of aryl methyl sites for hydroxylation is 1. The number of hydrogen-bond donors (Lipinski definition) is 2. The maximum atomic E-state index is 12.2. The standard InChI is InChI=1S/C21H20ClN3O3S2/c1-14-12-30-21(28)25(14)11-10-19(26)23-24-20(27)16-4-2-15(3-5-16)13-29-18-8-6-17(22)7-9-18/h2-9,12H,10-11,13H2,1H3,(H,23,26)(H,24,27). The second-order valence-corrected chi connectivity index (χ2v) is 8.79. The molecule has 0 aliphatic rings. The van der Waals surface area contributed by atoms with Gasteiger partial charge in [-0.15, -0.1) is 11.8 Å². The molecule has 0 unspecified atom stereocenters. The summed E-state index contributed by atoms with van der Waals surface area (Å²) in [6, 6.07) is 14.8. The van der Waals surface area contributed by atoms with Crippen molar-refractivity contribution in [3.63, 3.8) is 0 Å². The summed E-state index contributed by atoms with van der Waals surface area (Å²) in [6.07, 6.45) is 0.0959. The maximum absolute atomic E-state index is 12.2. The van der Waals surface area contributed by atoms with Gasteiger partial charge in [0.05, 0.1) is 0 Å². The van der Waals surface area contributed by atoms with Gasteiger partial charge in [0.15, 0.2) is 0 Å². The predicted octanol–water partition coefficient (Wildman–Crippen LogP) is 4.02. The molecule has 30 heavy (non-hydrogen) atoms. The van der Waals surface area contributed by atoms with Gasteiger partial charge in [-0.1, -0.05) is 35.1 Å². The van der Waals surface area contributed by atoms with Crippen LogP contribution < -0.4 is 15.7 Å². The van der Waals surface area contributed by atoms with Crippen LogP contribution in [0.25, 0.3) is 0 Å². The minimum Gasteiger partial charge on any atom is -0.303 e. The van der Waals surface area contributed by atoms with Crippen molar-refractivity contribution in [2.24, 2.45) is 0 Å². The molecule has 0 spiro atoms. The Kier molecular flexibility index (Phi) is 7.73. The van der Waals surface area contributed by atoms with Crippen LogP contribution in [0.1, 0.15) is 28.0 Å². The zero-order valence-corrected chi connectivity index (χ0v) is 18.6. The number of aromatic nitrogens is 1. The van der Waals surface area contributed by atoms with E-state index in [9.17, 15) is 14.4 Å². The van der Waals surface area contributed by atoms with E-state index < -0.39 is 5.91 Å². The third-order valence-electron chi connectivity index (χ3n) is 4.29. The molecule has 2 N–H and O–H groups in total. The number of nitrogens with one attached hydrogen (secondary N) is 2. The molecule has 156 valence electrons. The first-order chi connectivity index (χ1) is 14.4. The van der Waals surface area contributed by atoms with E-state index in [2.05, 4.69) is 10.9 Å². The second kappa shape index (κ2) is 10.5. The van der Waals surface area contributed by atoms with Crippen LogP contribution in [0.4, 0.5) is 0 Å². The molecule has 6 nitrogen and oxygen atoms in total. The number of amides is 2. The SMILES string of the molecule is Cc1csc(=O)n1CCC(=O)NNC(=O)c1ccc(CSc2ccc(Cl)cc2)cc1. The van der Waals surface area contributed by atoms with Crippen molar-refractivity contribution in [2.45, 2.75) is 30.5 Å². The Morgan fingerprint density at radius 1 is 1.07 bits per heavy atom. The Bertz CT molecular complexity index is 1080. The Labute approximate surface area is 187 Å². The number of hydrazine groups is 1. The van der Waals surface area contributed by atoms with E-state index in [0.717, 1.165) is 33.2 Å². The number of benzene rings is 2. The summed E-state index contributed by atoms with van der Waals surface area (Å²) < 4.78 is 1.53. The fraction of sp³-hybridized carbons (Fsp3) is 0.190. The quantitative estimate of drug-likeness (QED) is 0.411. The van der Waals surface area contributed by atoms with Crippen molar-refractivity contribution in [2.75, 3.05) is 0 Å². The van der Waals surface area contributed by atoms with Gasteiger partial charge in [0, 0.05) is 45.3 Å². The minimum atomic E-state index is -0.399. The molecule has 2 aromatic carbocycles. The van der Waals surface area contributed by atoms with Crippen LogP contribution in [0.5, 0.6) is 0 Å². The summed E-state index contributed by atoms with van der Waals surface area (Å²) in [7, 11) is 0. The third-order valence-corrected chi connectivity index (χ3v) is 6.51. The molecular weight excluding hydrogens is 442 g/mol. The lowest BCUT2D eigenvalue weighted by atomic mass is 10.1. The number of nitrogens with zero attached hydrogens (tertiary/aromatic N) is 1. The van der Waals surface area contributed by atoms with Gasteiger partial charge in [0.2, 0.25) is 5.91 Å². The third kappa shape index (κ3) is 6.22. The van der Waals surface area contributed by atoms with E-state index in [1.54, 1.807) is 29.3 Å². The molecule has 1 heterocycles. The smallest absolute Gasteiger partial charge is 0.303 e. The molecule has 2 amide bonds. The van der Waals surface area contributed by atoms with Gasteiger partial charge in [-0.25, -0.2) is 0 Å². The highest BCUT2D eigenvalue weighted by atomic mass is 35.5. The molecule has 0 saturated carbocycles. The largest absolute Gasteiger partial charge is 0.307 e. The van der Waals surface area contributed by atoms with Crippen LogP contribution in [0.2, 0.25) is 5.02 Å². The van der Waals surface area contributed by atoms with Crippen LogP contribution in [-0.2, 0) is 17.1 Å². The number of rotatable bonds is 7. The summed E-state index contributed by atoms with van der Waals surface area (Å²) in [5, 5.41) is 2.46. The molecule has 3 rings (SSSR count). The summed E-state index contributed by atoms with van der Waals surface area (Å²) >= 11 is 8.67. The highest BCUT2D eigenvalue weighted by molar-refractivity contribution is 7.98. The van der Waals surface area contributed by atoms with E-state index in [1.165, 1.54) is 4.57 Å². The normalized spacial score (nSPS) is 10.6. The molecule has 0 aliphatic carbocycles. The maximum Gasteiger partial charge on any atom is 0.307 e. The van der Waals surface area contributed by atoms with Crippen LogP contribution in [0.15, 0.2) is 63.6 Å². The molecule has 0 bridgehead atoms. The van der Waals surface area contributed by atoms with Gasteiger partial charge < -0.3 is 4.57 Å². The zero-order chi connectivity index (χ0) is 21.5. The predicted molar refractivity (Wildman–Crippen MR) is 121 cm³/mol. The first-order valence-electron chi connectivity index (χ1n) is 9.14. The number of hydrogen-bond acceptors (Lipinski definition) is 5. The van der Waals surface area contributed by atoms with E-state index in [1.807, 2.05) is 43.3 Å². The van der Waals surface area contributed by atoms with Gasteiger partial charge >= 0.3 is 4.87 Å². The fourth-order valence-electron chi connectivity index (χ4n) is 2.60. The lowest BCUT2D eigenvalue weighted by Crippen LogP contribution is -2.42. The number of thiazole rings is 1. The number of carbonyl (C=O) groups is 2. The Balaban J connectivity index is 1.44. The van der Waals surface area contributed by atoms with Crippen molar-refractivity contribution in [1.82, 2.24) is 15.4 Å². The average molecular weight is 462 g/mol. The first-order valence-corrected chi connectivity index (χ1v) is 11.4. The van der Waals surface area contributed by atoms with Crippen molar-refractivity contribution < 1.29 is 9.59 Å². The first kappa shape index (κ1) is 22.1. The van der Waals surface area contributed by atoms with Crippen LogP contribution in [0, 0.1) is 6.92 Å². The molecule has 0 radical (unpaired) electrons. The van der Waals surface area contributed by atoms with Gasteiger partial charge in [-0.05, 0) is 48.9 Å². The van der Waals surface area contributed by atoms with Crippen molar-refractivity contribution in [1.29, 1.82) is 0 Å². The number of halogens is 1. The van der Waals surface area contributed by atoms with E-state index >= 15 is 0 Å². The minimum absolute atomic E-state index is 0.0959. The Morgan fingerprint density at radius 3 is 2.40 bits per heavy atom. The molecule has 1 aromatic heterocycles. The molecule has 3 aromatic rings. The van der Waals surface area contributed by atoms with Crippen LogP contribution >= 0.6 is 34.7 Å². The molecule has 0 aliphatic heterocycles. The monoisotopic (exact) mass is 461 g/mol.